The van der Waals surface area contributed by atoms with Gasteiger partial charge in [-0.3, -0.25) is 0 Å². The molecule has 1 nitrogen and oxygen atoms in total. The van der Waals surface area contributed by atoms with Gasteiger partial charge in [-0.05, 0) is 25.8 Å². The van der Waals surface area contributed by atoms with E-state index in [2.05, 4.69) is 40.1 Å². The van der Waals surface area contributed by atoms with Gasteiger partial charge in [-0.25, -0.2) is 0 Å². The molecule has 0 bridgehead atoms. The number of quaternary nitrogens is 1. The number of nitrogens with zero attached hydrogens (tertiary/aromatic N) is 1. The van der Waals surface area contributed by atoms with Crippen molar-refractivity contribution in [3.63, 3.8) is 0 Å². The second-order valence-corrected chi connectivity index (χ2v) is 7.30. The molecule has 0 heterocycles. The summed E-state index contributed by atoms with van der Waals surface area (Å²) in [5, 5.41) is 0. The Hall–Kier alpha value is -0.0100. The maximum atomic E-state index is 2.35. The third kappa shape index (κ3) is 18.0. The van der Waals surface area contributed by atoms with Gasteiger partial charge < -0.3 is 16.9 Å². The molecule has 0 rings (SSSR count). The van der Waals surface area contributed by atoms with Gasteiger partial charge in [-0.15, -0.1) is 0 Å². The molecule has 0 aromatic rings. The third-order valence-corrected chi connectivity index (χ3v) is 4.45. The van der Waals surface area contributed by atoms with Crippen molar-refractivity contribution in [2.75, 3.05) is 27.2 Å². The molecule has 0 spiro atoms. The number of hydrogen-bond donors (Lipinski definition) is 0. The topological polar surface area (TPSA) is 0 Å². The molecule has 0 saturated heterocycles. The number of hydrogen-bond acceptors (Lipinski definition) is 0. The van der Waals surface area contributed by atoms with E-state index in [0.717, 1.165) is 4.48 Å². The number of unbranched alkanes of at least 4 members (excludes halogenated alkanes) is 11. The molecule has 0 aromatic carbocycles. The molecule has 0 aromatic heterocycles. The summed E-state index contributed by atoms with van der Waals surface area (Å²) in [5.74, 6) is 0. The summed E-state index contributed by atoms with van der Waals surface area (Å²) >= 11 is 0. The van der Waals surface area contributed by atoms with Crippen molar-refractivity contribution in [3.05, 3.63) is 12.2 Å². The van der Waals surface area contributed by atoms with Crippen LogP contribution in [0.15, 0.2) is 12.2 Å². The summed E-state index contributed by atoms with van der Waals surface area (Å²) in [4.78, 5) is 0. The van der Waals surface area contributed by atoms with Gasteiger partial charge in [0, 0.05) is 0 Å². The average molecular weight is 332 g/mol. The van der Waals surface area contributed by atoms with E-state index in [1.807, 2.05) is 0 Å². The predicted octanol–water partition coefficient (Wildman–Crippen LogP) is 3.34. The number of rotatable bonds is 15. The van der Waals surface area contributed by atoms with Crippen LogP contribution in [0.2, 0.25) is 0 Å². The van der Waals surface area contributed by atoms with Crippen molar-refractivity contribution in [2.24, 2.45) is 0 Å². The molecule has 0 atom stereocenters. The van der Waals surface area contributed by atoms with E-state index in [1.54, 1.807) is 0 Å². The zero-order valence-corrected chi connectivity index (χ0v) is 16.6. The van der Waals surface area contributed by atoms with E-state index in [0.29, 0.717) is 0 Å². The van der Waals surface area contributed by atoms with E-state index in [1.165, 1.54) is 90.1 Å². The monoisotopic (exact) mass is 331 g/mol. The quantitative estimate of drug-likeness (QED) is 0.245. The smallest absolute Gasteiger partial charge is 0.0969 e. The van der Waals surface area contributed by atoms with Crippen LogP contribution in [-0.2, 0) is 0 Å². The van der Waals surface area contributed by atoms with E-state index < -0.39 is 0 Å². The molecule has 0 radical (unpaired) electrons. The fourth-order valence-electron chi connectivity index (χ4n) is 2.86. The summed E-state index contributed by atoms with van der Waals surface area (Å²) in [7, 11) is 4.69. The minimum Gasteiger partial charge on any atom is -1.00 e. The van der Waals surface area contributed by atoms with Crippen LogP contribution < -0.4 is 12.4 Å². The Morgan fingerprint density at radius 3 is 1.50 bits per heavy atom. The lowest BCUT2D eigenvalue weighted by molar-refractivity contribution is -0.884. The minimum atomic E-state index is 0. The molecule has 22 heavy (non-hydrogen) atoms. The van der Waals surface area contributed by atoms with Crippen molar-refractivity contribution >= 4 is 0 Å². The van der Waals surface area contributed by atoms with Gasteiger partial charge in [0.25, 0.3) is 0 Å². The molecule has 0 saturated carbocycles. The van der Waals surface area contributed by atoms with Crippen LogP contribution in [0.3, 0.4) is 0 Å². The van der Waals surface area contributed by atoms with E-state index in [9.17, 15) is 0 Å². The standard InChI is InChI=1S/C20H42N.ClH/c1-5-7-9-10-11-12-13-14-15-16-17-18-20-21(3,4)19-8-6-2;/h6,8H,5,7,9-20H2,1-4H3;1H/q+1;/p-1. The molecular weight excluding hydrogens is 290 g/mol. The first kappa shape index (κ1) is 24.2. The zero-order valence-electron chi connectivity index (χ0n) is 15.9. The van der Waals surface area contributed by atoms with E-state index >= 15 is 0 Å². The van der Waals surface area contributed by atoms with Gasteiger partial charge in [0.1, 0.15) is 0 Å². The number of halogens is 1. The van der Waals surface area contributed by atoms with Crippen LogP contribution in [-0.4, -0.2) is 31.7 Å². The van der Waals surface area contributed by atoms with Gasteiger partial charge in [0.05, 0.1) is 27.2 Å². The Kier molecular flexibility index (Phi) is 19.1. The molecule has 0 aliphatic heterocycles. The summed E-state index contributed by atoms with van der Waals surface area (Å²) < 4.78 is 1.14. The molecule has 0 amide bonds. The van der Waals surface area contributed by atoms with Gasteiger partial charge in [0.15, 0.2) is 0 Å². The van der Waals surface area contributed by atoms with Crippen LogP contribution in [0, 0.1) is 0 Å². The Morgan fingerprint density at radius 1 is 0.682 bits per heavy atom. The Labute approximate surface area is 147 Å². The summed E-state index contributed by atoms with van der Waals surface area (Å²) in [6.45, 7) is 6.90. The maximum Gasteiger partial charge on any atom is 0.0969 e. The first-order valence-electron chi connectivity index (χ1n) is 9.55. The highest BCUT2D eigenvalue weighted by molar-refractivity contribution is 4.76. The third-order valence-electron chi connectivity index (χ3n) is 4.45. The molecule has 0 fully saturated rings. The predicted molar refractivity (Wildman–Crippen MR) is 97.7 cm³/mol. The lowest BCUT2D eigenvalue weighted by atomic mass is 10.1. The lowest BCUT2D eigenvalue weighted by Crippen LogP contribution is -3.00. The lowest BCUT2D eigenvalue weighted by Gasteiger charge is -2.28. The van der Waals surface area contributed by atoms with Gasteiger partial charge in [0.2, 0.25) is 0 Å². The molecular formula is C20H42ClN. The van der Waals surface area contributed by atoms with Crippen molar-refractivity contribution in [3.8, 4) is 0 Å². The molecule has 134 valence electrons. The maximum absolute atomic E-state index is 2.35. The highest BCUT2D eigenvalue weighted by Crippen LogP contribution is 2.12. The first-order valence-corrected chi connectivity index (χ1v) is 9.55. The fourth-order valence-corrected chi connectivity index (χ4v) is 2.86. The zero-order chi connectivity index (χ0) is 15.8. The van der Waals surface area contributed by atoms with Crippen LogP contribution in [0.1, 0.15) is 90.9 Å². The first-order chi connectivity index (χ1) is 10.1. The normalized spacial score (nSPS) is 11.8. The summed E-state index contributed by atoms with van der Waals surface area (Å²) in [6.07, 6.45) is 21.8. The van der Waals surface area contributed by atoms with Crippen molar-refractivity contribution in [1.29, 1.82) is 0 Å². The Morgan fingerprint density at radius 2 is 1.09 bits per heavy atom. The molecule has 0 aliphatic rings. The highest BCUT2D eigenvalue weighted by Gasteiger charge is 2.11. The summed E-state index contributed by atoms with van der Waals surface area (Å²) in [5.41, 5.74) is 0. The molecule has 0 N–H and O–H groups in total. The highest BCUT2D eigenvalue weighted by atomic mass is 35.5. The molecule has 2 heteroatoms. The second kappa shape index (κ2) is 17.3. The van der Waals surface area contributed by atoms with Crippen LogP contribution in [0.5, 0.6) is 0 Å². The summed E-state index contributed by atoms with van der Waals surface area (Å²) in [6, 6.07) is 0. The largest absolute Gasteiger partial charge is 1.00 e. The second-order valence-electron chi connectivity index (χ2n) is 7.30. The Bertz CT molecular complexity index is 236. The SMILES string of the molecule is CC=CC[N+](C)(C)CCCCCCCCCCCCCC.[Cl-]. The average Bonchev–Trinajstić information content (AvgIpc) is 2.46. The fraction of sp³-hybridized carbons (Fsp3) is 0.900. The van der Waals surface area contributed by atoms with E-state index in [-0.39, 0.29) is 12.4 Å². The number of allylic oxidation sites excluding steroid dienone is 1. The molecule has 0 unspecified atom stereocenters. The van der Waals surface area contributed by atoms with Crippen molar-refractivity contribution in [2.45, 2.75) is 90.9 Å². The van der Waals surface area contributed by atoms with Crippen LogP contribution in [0.4, 0.5) is 0 Å². The minimum absolute atomic E-state index is 0. The van der Waals surface area contributed by atoms with Crippen molar-refractivity contribution in [1.82, 2.24) is 0 Å². The van der Waals surface area contributed by atoms with Crippen LogP contribution >= 0.6 is 0 Å². The Balaban J connectivity index is 0. The number of likely N-dealkylation sites (N-methyl/N-ethyl adjacent to an activating group) is 1. The van der Waals surface area contributed by atoms with Gasteiger partial charge in [-0.1, -0.05) is 77.2 Å². The van der Waals surface area contributed by atoms with Crippen LogP contribution in [0.25, 0.3) is 0 Å². The molecule has 0 aliphatic carbocycles. The van der Waals surface area contributed by atoms with E-state index in [4.69, 9.17) is 0 Å². The van der Waals surface area contributed by atoms with Gasteiger partial charge >= 0.3 is 0 Å². The van der Waals surface area contributed by atoms with Crippen molar-refractivity contribution < 1.29 is 16.9 Å². The van der Waals surface area contributed by atoms with Gasteiger partial charge in [-0.2, -0.15) is 0 Å².